The van der Waals surface area contributed by atoms with Crippen LogP contribution in [0.2, 0.25) is 0 Å². The number of carbonyl (C=O) groups is 1. The summed E-state index contributed by atoms with van der Waals surface area (Å²) < 4.78 is 7.57. The highest BCUT2D eigenvalue weighted by Gasteiger charge is 2.20. The summed E-state index contributed by atoms with van der Waals surface area (Å²) in [5.41, 5.74) is 3.22. The van der Waals surface area contributed by atoms with Crippen LogP contribution in [0.3, 0.4) is 0 Å². The summed E-state index contributed by atoms with van der Waals surface area (Å²) in [5.74, 6) is 0.969. The molecule has 5 heteroatoms. The van der Waals surface area contributed by atoms with Crippen LogP contribution in [0.1, 0.15) is 23.4 Å². The van der Waals surface area contributed by atoms with Crippen molar-refractivity contribution in [2.75, 3.05) is 6.61 Å². The molecule has 1 N–H and O–H groups in total. The number of benzene rings is 1. The lowest BCUT2D eigenvalue weighted by atomic mass is 10.0. The Morgan fingerprint density at radius 1 is 1.41 bits per heavy atom. The molecule has 0 radical (unpaired) electrons. The number of amides is 1. The maximum atomic E-state index is 12.1. The van der Waals surface area contributed by atoms with Gasteiger partial charge in [0.1, 0.15) is 12.4 Å². The van der Waals surface area contributed by atoms with Crippen LogP contribution in [0.25, 0.3) is 0 Å². The van der Waals surface area contributed by atoms with Crippen molar-refractivity contribution >= 4 is 5.91 Å². The highest BCUT2D eigenvalue weighted by molar-refractivity contribution is 5.76. The number of aryl methyl sites for hydroxylation is 3. The number of nitrogens with one attached hydrogen (secondary N) is 1. The molecule has 2 heterocycles. The van der Waals surface area contributed by atoms with Gasteiger partial charge < -0.3 is 10.1 Å². The van der Waals surface area contributed by atoms with E-state index in [0.717, 1.165) is 29.1 Å². The summed E-state index contributed by atoms with van der Waals surface area (Å²) in [7, 11) is 0. The SMILES string of the molecule is Cc1cc(C)n(CCC(=O)N[C@@H]2COc3ccccc3C2)n1. The van der Waals surface area contributed by atoms with Gasteiger partial charge in [0.15, 0.2) is 0 Å². The van der Waals surface area contributed by atoms with Gasteiger partial charge >= 0.3 is 0 Å². The van der Waals surface area contributed by atoms with Gasteiger partial charge in [-0.25, -0.2) is 0 Å². The van der Waals surface area contributed by atoms with E-state index >= 15 is 0 Å². The standard InChI is InChI=1S/C17H21N3O2/c1-12-9-13(2)20(19-12)8-7-17(21)18-15-10-14-5-3-4-6-16(14)22-11-15/h3-6,9,15H,7-8,10-11H2,1-2H3,(H,18,21)/t15-/m0/s1. The molecule has 1 aliphatic heterocycles. The zero-order chi connectivity index (χ0) is 15.5. The fraction of sp³-hybridized carbons (Fsp3) is 0.412. The lowest BCUT2D eigenvalue weighted by Gasteiger charge is -2.26. The molecule has 0 bridgehead atoms. The van der Waals surface area contributed by atoms with Crippen LogP contribution in [0, 0.1) is 13.8 Å². The van der Waals surface area contributed by atoms with Crippen LogP contribution >= 0.6 is 0 Å². The first-order valence-corrected chi connectivity index (χ1v) is 7.63. The molecule has 5 nitrogen and oxygen atoms in total. The Bertz CT molecular complexity index is 678. The zero-order valence-electron chi connectivity index (χ0n) is 13.0. The van der Waals surface area contributed by atoms with E-state index in [0.29, 0.717) is 19.6 Å². The van der Waals surface area contributed by atoms with Crippen LogP contribution < -0.4 is 10.1 Å². The topological polar surface area (TPSA) is 56.2 Å². The molecule has 22 heavy (non-hydrogen) atoms. The Kier molecular flexibility index (Phi) is 4.13. The van der Waals surface area contributed by atoms with Gasteiger partial charge in [-0.15, -0.1) is 0 Å². The molecule has 116 valence electrons. The Balaban J connectivity index is 1.51. The first kappa shape index (κ1) is 14.6. The molecular weight excluding hydrogens is 278 g/mol. The minimum atomic E-state index is 0.0422. The minimum absolute atomic E-state index is 0.0422. The predicted molar refractivity (Wildman–Crippen MR) is 83.9 cm³/mol. The van der Waals surface area contributed by atoms with Gasteiger partial charge in [-0.05, 0) is 38.0 Å². The summed E-state index contributed by atoms with van der Waals surface area (Å²) in [4.78, 5) is 12.1. The quantitative estimate of drug-likeness (QED) is 0.939. The number of ether oxygens (including phenoxy) is 1. The van der Waals surface area contributed by atoms with E-state index in [1.54, 1.807) is 0 Å². The van der Waals surface area contributed by atoms with Crippen molar-refractivity contribution in [2.45, 2.75) is 39.3 Å². The Hall–Kier alpha value is -2.30. The fourth-order valence-corrected chi connectivity index (χ4v) is 2.83. The monoisotopic (exact) mass is 299 g/mol. The van der Waals surface area contributed by atoms with Crippen molar-refractivity contribution in [2.24, 2.45) is 0 Å². The fourth-order valence-electron chi connectivity index (χ4n) is 2.83. The Morgan fingerprint density at radius 2 is 2.23 bits per heavy atom. The number of nitrogens with zero attached hydrogens (tertiary/aromatic N) is 2. The van der Waals surface area contributed by atoms with Crippen molar-refractivity contribution in [3.8, 4) is 5.75 Å². The first-order valence-electron chi connectivity index (χ1n) is 7.63. The molecule has 1 aromatic carbocycles. The molecule has 2 aromatic rings. The maximum Gasteiger partial charge on any atom is 0.222 e. The Labute approximate surface area is 130 Å². The van der Waals surface area contributed by atoms with Gasteiger partial charge in [0.05, 0.1) is 11.7 Å². The van der Waals surface area contributed by atoms with Gasteiger partial charge in [-0.1, -0.05) is 18.2 Å². The molecule has 3 rings (SSSR count). The highest BCUT2D eigenvalue weighted by Crippen LogP contribution is 2.23. The summed E-state index contributed by atoms with van der Waals surface area (Å²) in [6, 6.07) is 10.0. The van der Waals surface area contributed by atoms with E-state index in [1.165, 1.54) is 0 Å². The molecule has 1 aromatic heterocycles. The largest absolute Gasteiger partial charge is 0.491 e. The minimum Gasteiger partial charge on any atom is -0.491 e. The van der Waals surface area contributed by atoms with E-state index in [9.17, 15) is 4.79 Å². The average Bonchev–Trinajstić information content (AvgIpc) is 2.83. The van der Waals surface area contributed by atoms with Crippen molar-refractivity contribution in [1.82, 2.24) is 15.1 Å². The molecule has 1 aliphatic rings. The number of para-hydroxylation sites is 1. The lowest BCUT2D eigenvalue weighted by Crippen LogP contribution is -2.43. The van der Waals surface area contributed by atoms with Crippen LogP contribution in [0.5, 0.6) is 5.75 Å². The van der Waals surface area contributed by atoms with Gasteiger partial charge in [-0.2, -0.15) is 5.10 Å². The molecule has 0 aliphatic carbocycles. The molecule has 1 atom stereocenters. The molecule has 0 saturated heterocycles. The van der Waals surface area contributed by atoms with Crippen molar-refractivity contribution in [3.63, 3.8) is 0 Å². The third kappa shape index (κ3) is 3.30. The number of hydrogen-bond acceptors (Lipinski definition) is 3. The smallest absolute Gasteiger partial charge is 0.222 e. The molecule has 0 spiro atoms. The second-order valence-electron chi connectivity index (χ2n) is 5.79. The van der Waals surface area contributed by atoms with E-state index in [2.05, 4.69) is 10.4 Å². The first-order chi connectivity index (χ1) is 10.6. The number of fused-ring (bicyclic) bond motifs is 1. The zero-order valence-corrected chi connectivity index (χ0v) is 13.0. The van der Waals surface area contributed by atoms with E-state index < -0.39 is 0 Å². The maximum absolute atomic E-state index is 12.1. The Morgan fingerprint density at radius 3 is 3.00 bits per heavy atom. The van der Waals surface area contributed by atoms with Crippen LogP contribution in [0.4, 0.5) is 0 Å². The number of hydrogen-bond donors (Lipinski definition) is 1. The van der Waals surface area contributed by atoms with Crippen molar-refractivity contribution in [3.05, 3.63) is 47.3 Å². The lowest BCUT2D eigenvalue weighted by molar-refractivity contribution is -0.122. The second-order valence-corrected chi connectivity index (χ2v) is 5.79. The molecule has 0 fully saturated rings. The molecule has 0 unspecified atom stereocenters. The number of aromatic nitrogens is 2. The van der Waals surface area contributed by atoms with E-state index in [-0.39, 0.29) is 11.9 Å². The molecule has 0 saturated carbocycles. The molecule has 1 amide bonds. The van der Waals surface area contributed by atoms with Gasteiger partial charge in [0.25, 0.3) is 0 Å². The second kappa shape index (κ2) is 6.22. The number of carbonyl (C=O) groups excluding carboxylic acids is 1. The predicted octanol–water partition coefficient (Wildman–Crippen LogP) is 2.01. The van der Waals surface area contributed by atoms with Gasteiger partial charge in [-0.3, -0.25) is 9.48 Å². The normalized spacial score (nSPS) is 16.7. The third-order valence-corrected chi connectivity index (χ3v) is 3.90. The number of rotatable bonds is 4. The average molecular weight is 299 g/mol. The highest BCUT2D eigenvalue weighted by atomic mass is 16.5. The van der Waals surface area contributed by atoms with Crippen LogP contribution in [-0.2, 0) is 17.8 Å². The molecular formula is C17H21N3O2. The summed E-state index contributed by atoms with van der Waals surface area (Å²) in [6.07, 6.45) is 1.25. The third-order valence-electron chi connectivity index (χ3n) is 3.90. The van der Waals surface area contributed by atoms with Crippen LogP contribution in [-0.4, -0.2) is 28.3 Å². The van der Waals surface area contributed by atoms with Crippen molar-refractivity contribution in [1.29, 1.82) is 0 Å². The summed E-state index contributed by atoms with van der Waals surface area (Å²) >= 11 is 0. The van der Waals surface area contributed by atoms with E-state index in [4.69, 9.17) is 4.74 Å². The van der Waals surface area contributed by atoms with E-state index in [1.807, 2.05) is 48.9 Å². The van der Waals surface area contributed by atoms with Crippen molar-refractivity contribution < 1.29 is 9.53 Å². The van der Waals surface area contributed by atoms with Crippen LogP contribution in [0.15, 0.2) is 30.3 Å². The van der Waals surface area contributed by atoms with Gasteiger partial charge in [0.2, 0.25) is 5.91 Å². The van der Waals surface area contributed by atoms with Gasteiger partial charge in [0, 0.05) is 18.7 Å². The summed E-state index contributed by atoms with van der Waals surface area (Å²) in [5, 5.41) is 7.42. The summed E-state index contributed by atoms with van der Waals surface area (Å²) in [6.45, 7) is 5.10.